The zero-order valence-corrected chi connectivity index (χ0v) is 15.1. The molecule has 0 saturated heterocycles. The SMILES string of the molecule is C=CC1C(F)CC(C2CCCCC2)CC1C(C)CCC(C)C. The molecule has 5 unspecified atom stereocenters. The third-order valence-electron chi connectivity index (χ3n) is 6.53. The van der Waals surface area contributed by atoms with Crippen LogP contribution < -0.4 is 0 Å². The molecule has 0 nitrogen and oxygen atoms in total. The van der Waals surface area contributed by atoms with Crippen molar-refractivity contribution in [2.45, 2.75) is 84.7 Å². The van der Waals surface area contributed by atoms with Crippen molar-refractivity contribution in [1.82, 2.24) is 0 Å². The van der Waals surface area contributed by atoms with Gasteiger partial charge in [0.05, 0.1) is 0 Å². The van der Waals surface area contributed by atoms with Crippen molar-refractivity contribution < 1.29 is 4.39 Å². The topological polar surface area (TPSA) is 0 Å². The lowest BCUT2D eigenvalue weighted by Crippen LogP contribution is -2.39. The van der Waals surface area contributed by atoms with E-state index in [4.69, 9.17) is 0 Å². The molecular weight excluding hydrogens is 271 g/mol. The van der Waals surface area contributed by atoms with Gasteiger partial charge in [-0.05, 0) is 42.4 Å². The van der Waals surface area contributed by atoms with Gasteiger partial charge in [-0.1, -0.05) is 71.8 Å². The molecular formula is C21H37F. The molecule has 0 heterocycles. The van der Waals surface area contributed by atoms with Crippen LogP contribution >= 0.6 is 0 Å². The highest BCUT2D eigenvalue weighted by molar-refractivity contribution is 4.98. The Balaban J connectivity index is 2.01. The van der Waals surface area contributed by atoms with Gasteiger partial charge in [0.1, 0.15) is 6.17 Å². The van der Waals surface area contributed by atoms with Gasteiger partial charge in [0, 0.05) is 5.92 Å². The second-order valence-electron chi connectivity index (χ2n) is 8.57. The summed E-state index contributed by atoms with van der Waals surface area (Å²) in [6, 6.07) is 0. The molecule has 2 aliphatic rings. The number of rotatable bonds is 6. The molecule has 0 aliphatic heterocycles. The van der Waals surface area contributed by atoms with E-state index in [0.29, 0.717) is 17.8 Å². The quantitative estimate of drug-likeness (QED) is 0.473. The first-order chi connectivity index (χ1) is 10.5. The number of halogens is 1. The Kier molecular flexibility index (Phi) is 6.96. The van der Waals surface area contributed by atoms with E-state index in [1.807, 2.05) is 6.08 Å². The molecule has 0 bridgehead atoms. The van der Waals surface area contributed by atoms with Crippen LogP contribution in [-0.2, 0) is 0 Å². The maximum Gasteiger partial charge on any atom is 0.107 e. The highest BCUT2D eigenvalue weighted by atomic mass is 19.1. The summed E-state index contributed by atoms with van der Waals surface area (Å²) in [6.45, 7) is 10.9. The van der Waals surface area contributed by atoms with Gasteiger partial charge >= 0.3 is 0 Å². The molecule has 2 rings (SSSR count). The van der Waals surface area contributed by atoms with Crippen molar-refractivity contribution in [3.05, 3.63) is 12.7 Å². The maximum absolute atomic E-state index is 14.8. The first-order valence-corrected chi connectivity index (χ1v) is 9.79. The predicted octanol–water partition coefficient (Wildman–Crippen LogP) is 6.81. The van der Waals surface area contributed by atoms with Crippen molar-refractivity contribution in [2.24, 2.45) is 35.5 Å². The number of alkyl halides is 1. The van der Waals surface area contributed by atoms with Crippen LogP contribution in [-0.4, -0.2) is 6.17 Å². The first kappa shape index (κ1) is 18.0. The second kappa shape index (κ2) is 8.50. The van der Waals surface area contributed by atoms with Gasteiger partial charge in [-0.2, -0.15) is 0 Å². The van der Waals surface area contributed by atoms with Crippen molar-refractivity contribution in [3.63, 3.8) is 0 Å². The Bertz CT molecular complexity index is 329. The molecule has 2 fully saturated rings. The van der Waals surface area contributed by atoms with Crippen LogP contribution in [0.15, 0.2) is 12.7 Å². The monoisotopic (exact) mass is 308 g/mol. The lowest BCUT2D eigenvalue weighted by Gasteiger charge is -2.44. The van der Waals surface area contributed by atoms with Gasteiger partial charge in [0.2, 0.25) is 0 Å². The summed E-state index contributed by atoms with van der Waals surface area (Å²) in [5.74, 6) is 3.45. The number of hydrogen-bond acceptors (Lipinski definition) is 0. The fraction of sp³-hybridized carbons (Fsp3) is 0.905. The zero-order chi connectivity index (χ0) is 16.1. The number of hydrogen-bond donors (Lipinski definition) is 0. The first-order valence-electron chi connectivity index (χ1n) is 9.79. The molecule has 22 heavy (non-hydrogen) atoms. The highest BCUT2D eigenvalue weighted by Gasteiger charge is 2.41. The lowest BCUT2D eigenvalue weighted by atomic mass is 9.62. The van der Waals surface area contributed by atoms with Crippen molar-refractivity contribution in [3.8, 4) is 0 Å². The Morgan fingerprint density at radius 1 is 1.00 bits per heavy atom. The smallest absolute Gasteiger partial charge is 0.107 e. The van der Waals surface area contributed by atoms with E-state index in [-0.39, 0.29) is 5.92 Å². The van der Waals surface area contributed by atoms with Gasteiger partial charge in [-0.15, -0.1) is 6.58 Å². The van der Waals surface area contributed by atoms with E-state index < -0.39 is 6.17 Å². The second-order valence-corrected chi connectivity index (χ2v) is 8.57. The Labute approximate surface area is 138 Å². The fourth-order valence-electron chi connectivity index (χ4n) is 5.05. The molecule has 0 amide bonds. The Morgan fingerprint density at radius 2 is 1.68 bits per heavy atom. The summed E-state index contributed by atoms with van der Waals surface area (Å²) in [5.41, 5.74) is 0. The van der Waals surface area contributed by atoms with Crippen LogP contribution in [0.5, 0.6) is 0 Å². The Morgan fingerprint density at radius 3 is 2.27 bits per heavy atom. The molecule has 1 heteroatoms. The molecule has 0 spiro atoms. The van der Waals surface area contributed by atoms with Crippen LogP contribution in [0.3, 0.4) is 0 Å². The van der Waals surface area contributed by atoms with Gasteiger partial charge in [0.25, 0.3) is 0 Å². The normalized spacial score (nSPS) is 35.5. The van der Waals surface area contributed by atoms with Gasteiger partial charge in [-0.25, -0.2) is 4.39 Å². The summed E-state index contributed by atoms with van der Waals surface area (Å²) in [4.78, 5) is 0. The minimum atomic E-state index is -0.648. The maximum atomic E-state index is 14.8. The van der Waals surface area contributed by atoms with E-state index in [2.05, 4.69) is 27.4 Å². The standard InChI is InChI=1S/C21H37F/c1-5-19-20(16(4)12-11-15(2)3)13-18(14-21(19)22)17-9-7-6-8-10-17/h5,15-21H,1,6-14H2,2-4H3. The average Bonchev–Trinajstić information content (AvgIpc) is 2.52. The molecule has 0 aromatic rings. The van der Waals surface area contributed by atoms with Crippen LogP contribution in [0.2, 0.25) is 0 Å². The van der Waals surface area contributed by atoms with Gasteiger partial charge in [0.15, 0.2) is 0 Å². The van der Waals surface area contributed by atoms with Crippen LogP contribution in [0.25, 0.3) is 0 Å². The Hall–Kier alpha value is -0.330. The van der Waals surface area contributed by atoms with Gasteiger partial charge < -0.3 is 0 Å². The summed E-state index contributed by atoms with van der Waals surface area (Å²) >= 11 is 0. The van der Waals surface area contributed by atoms with E-state index >= 15 is 0 Å². The predicted molar refractivity (Wildman–Crippen MR) is 94.6 cm³/mol. The van der Waals surface area contributed by atoms with E-state index in [1.165, 1.54) is 51.4 Å². The molecule has 5 atom stereocenters. The van der Waals surface area contributed by atoms with Crippen molar-refractivity contribution in [2.75, 3.05) is 0 Å². The van der Waals surface area contributed by atoms with Crippen molar-refractivity contribution in [1.29, 1.82) is 0 Å². The minimum absolute atomic E-state index is 0.0991. The van der Waals surface area contributed by atoms with E-state index in [1.54, 1.807) is 0 Å². The number of allylic oxidation sites excluding steroid dienone is 1. The molecule has 0 aromatic heterocycles. The van der Waals surface area contributed by atoms with E-state index in [0.717, 1.165) is 18.3 Å². The summed E-state index contributed by atoms with van der Waals surface area (Å²) in [5, 5.41) is 0. The molecule has 0 aromatic carbocycles. The average molecular weight is 309 g/mol. The van der Waals surface area contributed by atoms with E-state index in [9.17, 15) is 4.39 Å². The fourth-order valence-corrected chi connectivity index (χ4v) is 5.05. The zero-order valence-electron chi connectivity index (χ0n) is 15.1. The minimum Gasteiger partial charge on any atom is -0.247 e. The molecule has 128 valence electrons. The third-order valence-corrected chi connectivity index (χ3v) is 6.53. The third kappa shape index (κ3) is 4.59. The largest absolute Gasteiger partial charge is 0.247 e. The molecule has 0 radical (unpaired) electrons. The van der Waals surface area contributed by atoms with Crippen molar-refractivity contribution >= 4 is 0 Å². The van der Waals surface area contributed by atoms with Crippen LogP contribution in [0.4, 0.5) is 4.39 Å². The lowest BCUT2D eigenvalue weighted by molar-refractivity contribution is 0.0335. The molecule has 2 aliphatic carbocycles. The van der Waals surface area contributed by atoms with Crippen LogP contribution in [0, 0.1) is 35.5 Å². The highest BCUT2D eigenvalue weighted by Crippen LogP contribution is 2.47. The molecule has 2 saturated carbocycles. The molecule has 0 N–H and O–H groups in total. The summed E-state index contributed by atoms with van der Waals surface area (Å²) in [6.07, 6.45) is 12.7. The van der Waals surface area contributed by atoms with Gasteiger partial charge in [-0.3, -0.25) is 0 Å². The van der Waals surface area contributed by atoms with Crippen LogP contribution in [0.1, 0.15) is 78.6 Å². The summed E-state index contributed by atoms with van der Waals surface area (Å²) < 4.78 is 14.8. The summed E-state index contributed by atoms with van der Waals surface area (Å²) in [7, 11) is 0.